The monoisotopic (exact) mass is 290 g/mol. The summed E-state index contributed by atoms with van der Waals surface area (Å²) in [6, 6.07) is -0.111. The molecule has 3 amide bonds. The molecule has 0 aromatic heterocycles. The van der Waals surface area contributed by atoms with Crippen LogP contribution in [0, 0.1) is 11.8 Å². The number of carbonyl (C=O) groups excluding carboxylic acids is 2. The van der Waals surface area contributed by atoms with Crippen LogP contribution in [0.1, 0.15) is 19.3 Å². The van der Waals surface area contributed by atoms with Gasteiger partial charge in [0.15, 0.2) is 0 Å². The van der Waals surface area contributed by atoms with Gasteiger partial charge in [-0.2, -0.15) is 0 Å². The van der Waals surface area contributed by atoms with Gasteiger partial charge < -0.3 is 16.0 Å². The molecule has 2 rings (SSSR count). The second-order valence-corrected chi connectivity index (χ2v) is 5.30. The van der Waals surface area contributed by atoms with E-state index in [0.29, 0.717) is 30.8 Å². The number of nitrogens with zero attached hydrogens (tertiary/aromatic N) is 1. The maximum atomic E-state index is 11.5. The Morgan fingerprint density at radius 3 is 2.68 bits per heavy atom. The number of fused-ring (bicyclic) bond motifs is 1. The lowest BCUT2D eigenvalue weighted by Gasteiger charge is -2.17. The Bertz CT molecular complexity index is 340. The molecule has 3 atom stereocenters. The highest BCUT2D eigenvalue weighted by Gasteiger charge is 2.40. The van der Waals surface area contributed by atoms with Gasteiger partial charge in [0.1, 0.15) is 0 Å². The predicted octanol–water partition coefficient (Wildman–Crippen LogP) is -0.0770. The van der Waals surface area contributed by atoms with Crippen LogP contribution >= 0.6 is 12.4 Å². The molecule has 1 aliphatic carbocycles. The molecule has 4 N–H and O–H groups in total. The molecule has 1 saturated carbocycles. The Labute approximate surface area is 119 Å². The molecule has 110 valence electrons. The predicted molar refractivity (Wildman–Crippen MR) is 75.1 cm³/mol. The van der Waals surface area contributed by atoms with Gasteiger partial charge in [0.25, 0.3) is 0 Å². The highest BCUT2D eigenvalue weighted by Crippen LogP contribution is 2.36. The van der Waals surface area contributed by atoms with Gasteiger partial charge in [-0.05, 0) is 24.7 Å². The molecule has 2 aliphatic rings. The number of carbonyl (C=O) groups is 2. The highest BCUT2D eigenvalue weighted by atomic mass is 35.5. The summed E-state index contributed by atoms with van der Waals surface area (Å²) >= 11 is 0. The normalized spacial score (nSPS) is 29.5. The summed E-state index contributed by atoms with van der Waals surface area (Å²) < 4.78 is 0. The molecule has 0 spiro atoms. The van der Waals surface area contributed by atoms with Crippen molar-refractivity contribution in [2.45, 2.75) is 25.3 Å². The number of likely N-dealkylation sites (tertiary alicyclic amines) is 1. The van der Waals surface area contributed by atoms with Crippen LogP contribution in [-0.4, -0.2) is 49.6 Å². The van der Waals surface area contributed by atoms with Gasteiger partial charge in [-0.3, -0.25) is 10.1 Å². The smallest absolute Gasteiger partial charge is 0.321 e. The van der Waals surface area contributed by atoms with E-state index in [1.54, 1.807) is 0 Å². The zero-order valence-corrected chi connectivity index (χ0v) is 12.0. The average Bonchev–Trinajstić information content (AvgIpc) is 2.89. The van der Waals surface area contributed by atoms with E-state index in [4.69, 9.17) is 5.73 Å². The molecule has 1 saturated heterocycles. The van der Waals surface area contributed by atoms with Crippen molar-refractivity contribution in [2.75, 3.05) is 26.7 Å². The number of rotatable bonds is 3. The standard InChI is InChI=1S/C12H22N4O2.ClH/c1-14-12(18)15-11(17)4-5-16-6-8-2-3-10(13)9(8)7-16;/h8-10H,2-7,13H2,1H3,(H2,14,15,17,18);1H. The fraction of sp³-hybridized carbons (Fsp3) is 0.833. The molecule has 2 fully saturated rings. The summed E-state index contributed by atoms with van der Waals surface area (Å²) in [6.07, 6.45) is 2.72. The van der Waals surface area contributed by atoms with Crippen molar-refractivity contribution in [3.63, 3.8) is 0 Å². The molecule has 3 unspecified atom stereocenters. The van der Waals surface area contributed by atoms with Gasteiger partial charge in [0.2, 0.25) is 5.91 Å². The minimum atomic E-state index is -0.444. The lowest BCUT2D eigenvalue weighted by Crippen LogP contribution is -2.39. The summed E-state index contributed by atoms with van der Waals surface area (Å²) in [4.78, 5) is 24.7. The van der Waals surface area contributed by atoms with Crippen molar-refractivity contribution in [2.24, 2.45) is 17.6 Å². The van der Waals surface area contributed by atoms with Crippen LogP contribution in [0.3, 0.4) is 0 Å². The minimum absolute atomic E-state index is 0. The Kier molecular flexibility index (Phi) is 6.03. The first-order valence-corrected chi connectivity index (χ1v) is 6.59. The summed E-state index contributed by atoms with van der Waals surface area (Å²) in [5.41, 5.74) is 6.06. The average molecular weight is 291 g/mol. The van der Waals surface area contributed by atoms with Crippen molar-refractivity contribution >= 4 is 24.3 Å². The van der Waals surface area contributed by atoms with E-state index in [0.717, 1.165) is 19.5 Å². The Balaban J connectivity index is 0.00000180. The van der Waals surface area contributed by atoms with E-state index in [2.05, 4.69) is 15.5 Å². The quantitative estimate of drug-likeness (QED) is 0.679. The van der Waals surface area contributed by atoms with Crippen molar-refractivity contribution in [3.05, 3.63) is 0 Å². The minimum Gasteiger partial charge on any atom is -0.341 e. The van der Waals surface area contributed by atoms with E-state index in [-0.39, 0.29) is 18.3 Å². The molecule has 6 nitrogen and oxygen atoms in total. The zero-order valence-electron chi connectivity index (χ0n) is 11.2. The number of hydrogen-bond acceptors (Lipinski definition) is 4. The number of urea groups is 1. The number of imide groups is 1. The summed E-state index contributed by atoms with van der Waals surface area (Å²) in [7, 11) is 1.49. The molecule has 0 radical (unpaired) electrons. The Morgan fingerprint density at radius 2 is 2.05 bits per heavy atom. The van der Waals surface area contributed by atoms with Crippen molar-refractivity contribution in [1.29, 1.82) is 0 Å². The number of nitrogens with two attached hydrogens (primary N) is 1. The molecule has 1 aliphatic heterocycles. The summed E-state index contributed by atoms with van der Waals surface area (Å²) in [5, 5.41) is 4.63. The second kappa shape index (κ2) is 7.07. The molecule has 0 aromatic carbocycles. The lowest BCUT2D eigenvalue weighted by atomic mass is 9.98. The molecular formula is C12H23ClN4O2. The van der Waals surface area contributed by atoms with E-state index >= 15 is 0 Å². The SMILES string of the molecule is CNC(=O)NC(=O)CCN1CC2CCC(N)C2C1.Cl. The topological polar surface area (TPSA) is 87.5 Å². The zero-order chi connectivity index (χ0) is 13.1. The third-order valence-corrected chi connectivity index (χ3v) is 4.12. The number of hydrogen-bond donors (Lipinski definition) is 3. The van der Waals surface area contributed by atoms with Gasteiger partial charge in [-0.25, -0.2) is 4.79 Å². The summed E-state index contributed by atoms with van der Waals surface area (Å²) in [6.45, 7) is 2.76. The molecule has 19 heavy (non-hydrogen) atoms. The van der Waals surface area contributed by atoms with E-state index in [1.165, 1.54) is 13.5 Å². The first kappa shape index (κ1) is 16.2. The fourth-order valence-corrected chi connectivity index (χ4v) is 3.09. The van der Waals surface area contributed by atoms with Crippen LogP contribution in [-0.2, 0) is 4.79 Å². The van der Waals surface area contributed by atoms with Crippen molar-refractivity contribution < 1.29 is 9.59 Å². The van der Waals surface area contributed by atoms with Crippen molar-refractivity contribution in [3.8, 4) is 0 Å². The second-order valence-electron chi connectivity index (χ2n) is 5.30. The number of nitrogens with one attached hydrogen (secondary N) is 2. The fourth-order valence-electron chi connectivity index (χ4n) is 3.09. The third-order valence-electron chi connectivity index (χ3n) is 4.12. The van der Waals surface area contributed by atoms with E-state index in [1.807, 2.05) is 0 Å². The molecule has 1 heterocycles. The van der Waals surface area contributed by atoms with E-state index < -0.39 is 6.03 Å². The van der Waals surface area contributed by atoms with Crippen LogP contribution in [0.15, 0.2) is 0 Å². The van der Waals surface area contributed by atoms with Gasteiger partial charge in [0.05, 0.1) is 0 Å². The van der Waals surface area contributed by atoms with Crippen LogP contribution in [0.5, 0.6) is 0 Å². The van der Waals surface area contributed by atoms with Crippen LogP contribution < -0.4 is 16.4 Å². The van der Waals surface area contributed by atoms with Crippen LogP contribution in [0.2, 0.25) is 0 Å². The lowest BCUT2D eigenvalue weighted by molar-refractivity contribution is -0.120. The Hall–Kier alpha value is -0.850. The third kappa shape index (κ3) is 4.06. The molecular weight excluding hydrogens is 268 g/mol. The summed E-state index contributed by atoms with van der Waals surface area (Å²) in [5.74, 6) is 1.09. The van der Waals surface area contributed by atoms with Gasteiger partial charge in [-0.15, -0.1) is 12.4 Å². The van der Waals surface area contributed by atoms with Crippen LogP contribution in [0.25, 0.3) is 0 Å². The maximum absolute atomic E-state index is 11.5. The van der Waals surface area contributed by atoms with Crippen molar-refractivity contribution in [1.82, 2.24) is 15.5 Å². The Morgan fingerprint density at radius 1 is 1.32 bits per heavy atom. The molecule has 0 aromatic rings. The highest BCUT2D eigenvalue weighted by molar-refractivity contribution is 5.94. The first-order valence-electron chi connectivity index (χ1n) is 6.59. The van der Waals surface area contributed by atoms with E-state index in [9.17, 15) is 9.59 Å². The first-order chi connectivity index (χ1) is 8.60. The maximum Gasteiger partial charge on any atom is 0.321 e. The number of halogens is 1. The van der Waals surface area contributed by atoms with Gasteiger partial charge in [-0.1, -0.05) is 0 Å². The molecule has 7 heteroatoms. The van der Waals surface area contributed by atoms with Crippen LogP contribution in [0.4, 0.5) is 4.79 Å². The van der Waals surface area contributed by atoms with Gasteiger partial charge >= 0.3 is 6.03 Å². The van der Waals surface area contributed by atoms with Gasteiger partial charge in [0, 0.05) is 39.1 Å². The molecule has 0 bridgehead atoms. The number of amides is 3. The largest absolute Gasteiger partial charge is 0.341 e.